The second-order valence-electron chi connectivity index (χ2n) is 5.51. The van der Waals surface area contributed by atoms with E-state index in [1.807, 2.05) is 30.3 Å². The Morgan fingerprint density at radius 2 is 2.00 bits per heavy atom. The first-order valence-electron chi connectivity index (χ1n) is 7.35. The summed E-state index contributed by atoms with van der Waals surface area (Å²) in [5.41, 5.74) is 2.05. The molecule has 4 rings (SSSR count). The molecule has 0 saturated heterocycles. The highest BCUT2D eigenvalue weighted by Crippen LogP contribution is 2.38. The maximum Gasteiger partial charge on any atom is 0.354 e. The minimum absolute atomic E-state index is 0.00638. The van der Waals surface area contributed by atoms with Crippen LogP contribution in [-0.2, 0) is 4.79 Å². The minimum Gasteiger partial charge on any atom is -0.477 e. The first kappa shape index (κ1) is 14.2. The van der Waals surface area contributed by atoms with E-state index in [1.165, 1.54) is 6.20 Å². The van der Waals surface area contributed by atoms with Gasteiger partial charge in [0.25, 0.3) is 0 Å². The maximum absolute atomic E-state index is 12.2. The summed E-state index contributed by atoms with van der Waals surface area (Å²) in [5.74, 6) is -1.15. The zero-order valence-corrected chi connectivity index (χ0v) is 12.4. The lowest BCUT2D eigenvalue weighted by Crippen LogP contribution is -2.25. The predicted octanol–water partition coefficient (Wildman–Crippen LogP) is 1.77. The maximum atomic E-state index is 12.2. The number of aromatic carboxylic acids is 1. The van der Waals surface area contributed by atoms with Crippen LogP contribution in [0, 0.1) is 0 Å². The topological polar surface area (TPSA) is 113 Å². The van der Waals surface area contributed by atoms with Crippen molar-refractivity contribution in [2.75, 3.05) is 5.32 Å². The molecule has 2 aromatic heterocycles. The molecular formula is C16H13N5O3. The Labute approximate surface area is 136 Å². The molecular weight excluding hydrogens is 310 g/mol. The van der Waals surface area contributed by atoms with Gasteiger partial charge in [-0.2, -0.15) is 10.2 Å². The van der Waals surface area contributed by atoms with Crippen LogP contribution < -0.4 is 5.32 Å². The van der Waals surface area contributed by atoms with Crippen LogP contribution in [0.4, 0.5) is 5.82 Å². The monoisotopic (exact) mass is 323 g/mol. The lowest BCUT2D eigenvalue weighted by molar-refractivity contribution is -0.116. The number of hydrogen-bond donors (Lipinski definition) is 3. The number of benzene rings is 1. The average molecular weight is 323 g/mol. The van der Waals surface area contributed by atoms with E-state index >= 15 is 0 Å². The molecule has 1 aromatic carbocycles. The summed E-state index contributed by atoms with van der Waals surface area (Å²) >= 11 is 0. The van der Waals surface area contributed by atoms with Crippen LogP contribution in [0.3, 0.4) is 0 Å². The van der Waals surface area contributed by atoms with Gasteiger partial charge in [0.1, 0.15) is 11.5 Å². The van der Waals surface area contributed by atoms with E-state index in [0.29, 0.717) is 11.4 Å². The second kappa shape index (κ2) is 5.34. The van der Waals surface area contributed by atoms with Gasteiger partial charge >= 0.3 is 5.97 Å². The van der Waals surface area contributed by atoms with E-state index in [0.717, 1.165) is 11.3 Å². The average Bonchev–Trinajstić information content (AvgIpc) is 3.22. The number of fused-ring (bicyclic) bond motifs is 1. The molecule has 0 aliphatic carbocycles. The summed E-state index contributed by atoms with van der Waals surface area (Å²) in [6.07, 6.45) is 3.26. The standard InChI is InChI=1S/C16H13N5O3/c22-13-6-10(11-7-17-20-14(11)16(23)24)12-8-18-21(15(12)19-13)9-4-2-1-3-5-9/h1-5,7-8,10H,6H2,(H,17,20)(H,19,22)(H,23,24)/t10-/m1/s1. The van der Waals surface area contributed by atoms with Crippen molar-refractivity contribution in [1.82, 2.24) is 20.0 Å². The third-order valence-corrected chi connectivity index (χ3v) is 4.08. The molecule has 3 N–H and O–H groups in total. The molecule has 1 aliphatic heterocycles. The van der Waals surface area contributed by atoms with E-state index in [-0.39, 0.29) is 18.0 Å². The van der Waals surface area contributed by atoms with E-state index < -0.39 is 11.9 Å². The van der Waals surface area contributed by atoms with Gasteiger partial charge in [0.05, 0.1) is 18.1 Å². The van der Waals surface area contributed by atoms with Gasteiger partial charge in [0.2, 0.25) is 5.91 Å². The lowest BCUT2D eigenvalue weighted by Gasteiger charge is -2.23. The van der Waals surface area contributed by atoms with Crippen LogP contribution in [0.5, 0.6) is 0 Å². The number of para-hydroxylation sites is 1. The van der Waals surface area contributed by atoms with Crippen molar-refractivity contribution in [2.45, 2.75) is 12.3 Å². The number of rotatable bonds is 3. The number of carbonyl (C=O) groups excluding carboxylic acids is 1. The number of carbonyl (C=O) groups is 2. The summed E-state index contributed by atoms with van der Waals surface area (Å²) in [6.45, 7) is 0. The fourth-order valence-electron chi connectivity index (χ4n) is 2.99. The molecule has 0 fully saturated rings. The summed E-state index contributed by atoms with van der Waals surface area (Å²) in [7, 11) is 0. The third kappa shape index (κ3) is 2.16. The number of aromatic nitrogens is 4. The largest absolute Gasteiger partial charge is 0.477 e. The highest BCUT2D eigenvalue weighted by Gasteiger charge is 2.33. The Morgan fingerprint density at radius 3 is 2.75 bits per heavy atom. The van der Waals surface area contributed by atoms with Gasteiger partial charge in [-0.3, -0.25) is 9.89 Å². The fraction of sp³-hybridized carbons (Fsp3) is 0.125. The molecule has 0 bridgehead atoms. The van der Waals surface area contributed by atoms with Gasteiger partial charge in [0.15, 0.2) is 0 Å². The van der Waals surface area contributed by atoms with Crippen LogP contribution >= 0.6 is 0 Å². The molecule has 0 radical (unpaired) electrons. The molecule has 1 atom stereocenters. The predicted molar refractivity (Wildman–Crippen MR) is 84.2 cm³/mol. The van der Waals surface area contributed by atoms with Crippen LogP contribution in [0.1, 0.15) is 34.0 Å². The highest BCUT2D eigenvalue weighted by atomic mass is 16.4. The SMILES string of the molecule is O=C1C[C@H](c2cn[nH]c2C(=O)O)c2cnn(-c3ccccc3)c2N1. The molecule has 24 heavy (non-hydrogen) atoms. The first-order chi connectivity index (χ1) is 11.6. The normalized spacial score (nSPS) is 16.5. The van der Waals surface area contributed by atoms with E-state index in [4.69, 9.17) is 0 Å². The van der Waals surface area contributed by atoms with Gasteiger partial charge in [-0.05, 0) is 12.1 Å². The number of nitrogens with zero attached hydrogens (tertiary/aromatic N) is 3. The number of hydrogen-bond acceptors (Lipinski definition) is 4. The van der Waals surface area contributed by atoms with E-state index in [2.05, 4.69) is 20.6 Å². The van der Waals surface area contributed by atoms with Crippen molar-refractivity contribution >= 4 is 17.7 Å². The second-order valence-corrected chi connectivity index (χ2v) is 5.51. The molecule has 120 valence electrons. The Balaban J connectivity index is 1.84. The Hall–Kier alpha value is -3.42. The van der Waals surface area contributed by atoms with Gasteiger partial charge in [-0.15, -0.1) is 0 Å². The van der Waals surface area contributed by atoms with Gasteiger partial charge in [-0.25, -0.2) is 9.48 Å². The Kier molecular flexibility index (Phi) is 3.16. The van der Waals surface area contributed by atoms with E-state index in [1.54, 1.807) is 10.9 Å². The van der Waals surface area contributed by atoms with Gasteiger partial charge in [0, 0.05) is 23.5 Å². The smallest absolute Gasteiger partial charge is 0.354 e. The van der Waals surface area contributed by atoms with Crippen molar-refractivity contribution in [3.63, 3.8) is 0 Å². The molecule has 8 heteroatoms. The molecule has 3 aromatic rings. The quantitative estimate of drug-likeness (QED) is 0.680. The van der Waals surface area contributed by atoms with E-state index in [9.17, 15) is 14.7 Å². The number of amides is 1. The van der Waals surface area contributed by atoms with Crippen LogP contribution in [0.15, 0.2) is 42.7 Å². The molecule has 1 aliphatic rings. The van der Waals surface area contributed by atoms with Gasteiger partial charge in [-0.1, -0.05) is 18.2 Å². The number of carboxylic acid groups (broad SMARTS) is 1. The minimum atomic E-state index is -1.11. The van der Waals surface area contributed by atoms with Crippen molar-refractivity contribution in [2.24, 2.45) is 0 Å². The highest BCUT2D eigenvalue weighted by molar-refractivity contribution is 5.95. The number of H-pyrrole nitrogens is 1. The zero-order chi connectivity index (χ0) is 16.7. The fourth-order valence-corrected chi connectivity index (χ4v) is 2.99. The molecule has 8 nitrogen and oxygen atoms in total. The zero-order valence-electron chi connectivity index (χ0n) is 12.4. The summed E-state index contributed by atoms with van der Waals surface area (Å²) in [4.78, 5) is 23.5. The lowest BCUT2D eigenvalue weighted by atomic mass is 9.87. The van der Waals surface area contributed by atoms with Gasteiger partial charge < -0.3 is 10.4 Å². The van der Waals surface area contributed by atoms with Crippen LogP contribution in [0.2, 0.25) is 0 Å². The molecule has 0 unspecified atom stereocenters. The number of aromatic amines is 1. The van der Waals surface area contributed by atoms with Crippen LogP contribution in [0.25, 0.3) is 5.69 Å². The van der Waals surface area contributed by atoms with Crippen LogP contribution in [-0.4, -0.2) is 37.0 Å². The van der Waals surface area contributed by atoms with Crippen molar-refractivity contribution in [3.05, 3.63) is 59.5 Å². The summed E-state index contributed by atoms with van der Waals surface area (Å²) < 4.78 is 1.64. The number of nitrogens with one attached hydrogen (secondary N) is 2. The molecule has 0 spiro atoms. The first-order valence-corrected chi connectivity index (χ1v) is 7.35. The molecule has 0 saturated carbocycles. The van der Waals surface area contributed by atoms with Crippen molar-refractivity contribution in [1.29, 1.82) is 0 Å². The Bertz CT molecular complexity index is 928. The van der Waals surface area contributed by atoms with Crippen molar-refractivity contribution in [3.8, 4) is 5.69 Å². The van der Waals surface area contributed by atoms with Crippen molar-refractivity contribution < 1.29 is 14.7 Å². The summed E-state index contributed by atoms with van der Waals surface area (Å²) in [6, 6.07) is 9.41. The molecule has 1 amide bonds. The molecule has 3 heterocycles. The number of anilines is 1. The summed E-state index contributed by atoms with van der Waals surface area (Å²) in [5, 5.41) is 22.8. The number of carboxylic acids is 1. The third-order valence-electron chi connectivity index (χ3n) is 4.08. The Morgan fingerprint density at radius 1 is 1.21 bits per heavy atom.